The van der Waals surface area contributed by atoms with Crippen LogP contribution in [0.15, 0.2) is 73.1 Å². The first-order chi connectivity index (χ1) is 12.2. The maximum Gasteiger partial charge on any atom is 0.321 e. The molecule has 1 heterocycles. The summed E-state index contributed by atoms with van der Waals surface area (Å²) in [5, 5.41) is 5.79. The third kappa shape index (κ3) is 4.82. The van der Waals surface area contributed by atoms with Gasteiger partial charge in [-0.1, -0.05) is 18.2 Å². The molecule has 0 bridgehead atoms. The van der Waals surface area contributed by atoms with Gasteiger partial charge in [-0.3, -0.25) is 10.1 Å². The Morgan fingerprint density at radius 3 is 2.28 bits per heavy atom. The quantitative estimate of drug-likeness (QED) is 0.703. The number of benzene rings is 2. The van der Waals surface area contributed by atoms with E-state index in [1.165, 1.54) is 0 Å². The fraction of sp³-hybridized carbons (Fsp3) is 0. The second-order valence-electron chi connectivity index (χ2n) is 4.93. The minimum absolute atomic E-state index is 0.217. The molecule has 0 atom stereocenters. The highest BCUT2D eigenvalue weighted by atomic mass is 32.1. The predicted octanol–water partition coefficient (Wildman–Crippen LogP) is 3.40. The van der Waals surface area contributed by atoms with E-state index in [1.54, 1.807) is 67.0 Å². The zero-order valence-corrected chi connectivity index (χ0v) is 13.9. The van der Waals surface area contributed by atoms with Crippen LogP contribution in [0.3, 0.4) is 0 Å². The molecular formula is C18H14N4O2S. The first kappa shape index (κ1) is 16.5. The Morgan fingerprint density at radius 2 is 1.60 bits per heavy atom. The number of anilines is 1. The Hall–Kier alpha value is -3.32. The van der Waals surface area contributed by atoms with E-state index in [2.05, 4.69) is 20.6 Å². The van der Waals surface area contributed by atoms with Crippen LogP contribution in [0.25, 0.3) is 0 Å². The van der Waals surface area contributed by atoms with E-state index in [0.29, 0.717) is 11.3 Å². The molecule has 6 nitrogen and oxygen atoms in total. The van der Waals surface area contributed by atoms with E-state index in [1.807, 2.05) is 6.07 Å². The first-order valence-electron chi connectivity index (χ1n) is 7.43. The minimum Gasteiger partial charge on any atom is -0.424 e. The molecule has 7 heteroatoms. The number of thiocarbonyl (C=S) groups is 1. The van der Waals surface area contributed by atoms with Gasteiger partial charge in [-0.25, -0.2) is 9.97 Å². The van der Waals surface area contributed by atoms with Crippen LogP contribution < -0.4 is 15.4 Å². The number of hydrogen-bond donors (Lipinski definition) is 2. The summed E-state index contributed by atoms with van der Waals surface area (Å²) < 4.78 is 5.51. The fourth-order valence-corrected chi connectivity index (χ4v) is 2.19. The molecule has 2 aromatic carbocycles. The average molecular weight is 350 g/mol. The van der Waals surface area contributed by atoms with Crippen LogP contribution in [0.2, 0.25) is 0 Å². The monoisotopic (exact) mass is 350 g/mol. The van der Waals surface area contributed by atoms with Crippen molar-refractivity contribution in [3.8, 4) is 11.8 Å². The standard InChI is InChI=1S/C18H14N4O2S/c23-16(13-5-2-1-3-6-13)22-18(25)21-14-7-9-15(10-8-14)24-17-19-11-4-12-20-17/h1-12H,(H2,21,22,23,25). The van der Waals surface area contributed by atoms with Gasteiger partial charge in [0, 0.05) is 23.6 Å². The molecule has 0 radical (unpaired) electrons. The zero-order valence-electron chi connectivity index (χ0n) is 13.0. The van der Waals surface area contributed by atoms with Crippen LogP contribution >= 0.6 is 12.2 Å². The lowest BCUT2D eigenvalue weighted by atomic mass is 10.2. The van der Waals surface area contributed by atoms with E-state index in [4.69, 9.17) is 17.0 Å². The number of nitrogens with one attached hydrogen (secondary N) is 2. The van der Waals surface area contributed by atoms with Crippen molar-refractivity contribution in [1.82, 2.24) is 15.3 Å². The van der Waals surface area contributed by atoms with Crippen LogP contribution in [0.5, 0.6) is 11.8 Å². The van der Waals surface area contributed by atoms with Gasteiger partial charge in [-0.2, -0.15) is 0 Å². The second kappa shape index (κ2) is 7.98. The molecule has 0 saturated heterocycles. The summed E-state index contributed by atoms with van der Waals surface area (Å²) in [6.07, 6.45) is 3.21. The third-order valence-electron chi connectivity index (χ3n) is 3.13. The number of aromatic nitrogens is 2. The summed E-state index contributed by atoms with van der Waals surface area (Å²) in [7, 11) is 0. The summed E-state index contributed by atoms with van der Waals surface area (Å²) >= 11 is 5.16. The van der Waals surface area contributed by atoms with Gasteiger partial charge < -0.3 is 10.1 Å². The smallest absolute Gasteiger partial charge is 0.321 e. The summed E-state index contributed by atoms with van der Waals surface area (Å²) in [6, 6.07) is 17.9. The van der Waals surface area contributed by atoms with Gasteiger partial charge >= 0.3 is 6.01 Å². The summed E-state index contributed by atoms with van der Waals surface area (Å²) in [5.41, 5.74) is 1.26. The maximum absolute atomic E-state index is 12.0. The van der Waals surface area contributed by atoms with Crippen LogP contribution in [0.1, 0.15) is 10.4 Å². The number of amides is 1. The Bertz CT molecular complexity index is 855. The molecule has 0 aliphatic carbocycles. The fourth-order valence-electron chi connectivity index (χ4n) is 1.98. The van der Waals surface area contributed by atoms with Crippen LogP contribution in [-0.2, 0) is 0 Å². The van der Waals surface area contributed by atoms with Crippen molar-refractivity contribution in [2.45, 2.75) is 0 Å². The molecule has 3 aromatic rings. The molecule has 0 unspecified atom stereocenters. The Balaban J connectivity index is 1.56. The van der Waals surface area contributed by atoms with Crippen molar-refractivity contribution in [2.75, 3.05) is 5.32 Å². The zero-order chi connectivity index (χ0) is 17.5. The van der Waals surface area contributed by atoms with E-state index in [-0.39, 0.29) is 17.0 Å². The summed E-state index contributed by atoms with van der Waals surface area (Å²) in [6.45, 7) is 0. The molecular weight excluding hydrogens is 336 g/mol. The molecule has 0 fully saturated rings. The molecule has 3 rings (SSSR count). The van der Waals surface area contributed by atoms with E-state index >= 15 is 0 Å². The number of carbonyl (C=O) groups excluding carboxylic acids is 1. The van der Waals surface area contributed by atoms with Crippen molar-refractivity contribution in [2.24, 2.45) is 0 Å². The highest BCUT2D eigenvalue weighted by molar-refractivity contribution is 7.80. The second-order valence-corrected chi connectivity index (χ2v) is 5.34. The lowest BCUT2D eigenvalue weighted by molar-refractivity contribution is 0.0977. The first-order valence-corrected chi connectivity index (χ1v) is 7.84. The van der Waals surface area contributed by atoms with Crippen LogP contribution in [0.4, 0.5) is 5.69 Å². The van der Waals surface area contributed by atoms with Crippen LogP contribution in [0, 0.1) is 0 Å². The summed E-state index contributed by atoms with van der Waals surface area (Å²) in [4.78, 5) is 20.0. The van der Waals surface area contributed by atoms with Crippen molar-refractivity contribution in [3.05, 3.63) is 78.6 Å². The van der Waals surface area contributed by atoms with Gasteiger partial charge in [-0.05, 0) is 54.7 Å². The molecule has 0 saturated carbocycles. The number of nitrogens with zero attached hydrogens (tertiary/aromatic N) is 2. The molecule has 0 aliphatic heterocycles. The molecule has 0 spiro atoms. The van der Waals surface area contributed by atoms with Gasteiger partial charge in [0.05, 0.1) is 0 Å². The molecule has 124 valence electrons. The van der Waals surface area contributed by atoms with Crippen molar-refractivity contribution in [3.63, 3.8) is 0 Å². The van der Waals surface area contributed by atoms with E-state index in [0.717, 1.165) is 5.69 Å². The van der Waals surface area contributed by atoms with Crippen molar-refractivity contribution >= 4 is 28.9 Å². The SMILES string of the molecule is O=C(NC(=S)Nc1ccc(Oc2ncccn2)cc1)c1ccccc1. The van der Waals surface area contributed by atoms with Gasteiger partial charge in [-0.15, -0.1) is 0 Å². The molecule has 1 aromatic heterocycles. The van der Waals surface area contributed by atoms with E-state index < -0.39 is 0 Å². The number of carbonyl (C=O) groups is 1. The van der Waals surface area contributed by atoms with Gasteiger partial charge in [0.25, 0.3) is 5.91 Å². The van der Waals surface area contributed by atoms with E-state index in [9.17, 15) is 4.79 Å². The third-order valence-corrected chi connectivity index (χ3v) is 3.33. The highest BCUT2D eigenvalue weighted by Crippen LogP contribution is 2.19. The number of ether oxygens (including phenoxy) is 1. The molecule has 25 heavy (non-hydrogen) atoms. The Kier molecular flexibility index (Phi) is 5.28. The molecule has 1 amide bonds. The summed E-state index contributed by atoms with van der Waals surface area (Å²) in [5.74, 6) is 0.329. The highest BCUT2D eigenvalue weighted by Gasteiger charge is 2.07. The lowest BCUT2D eigenvalue weighted by Gasteiger charge is -2.10. The Labute approximate surface area is 149 Å². The molecule has 2 N–H and O–H groups in total. The van der Waals surface area contributed by atoms with Crippen molar-refractivity contribution in [1.29, 1.82) is 0 Å². The normalized spacial score (nSPS) is 9.92. The van der Waals surface area contributed by atoms with Crippen LogP contribution in [-0.4, -0.2) is 21.0 Å². The van der Waals surface area contributed by atoms with Gasteiger partial charge in [0.15, 0.2) is 5.11 Å². The predicted molar refractivity (Wildman–Crippen MR) is 98.7 cm³/mol. The lowest BCUT2D eigenvalue weighted by Crippen LogP contribution is -2.34. The number of rotatable bonds is 4. The Morgan fingerprint density at radius 1 is 0.920 bits per heavy atom. The topological polar surface area (TPSA) is 76.1 Å². The van der Waals surface area contributed by atoms with Gasteiger partial charge in [0.1, 0.15) is 5.75 Å². The van der Waals surface area contributed by atoms with Crippen molar-refractivity contribution < 1.29 is 9.53 Å². The van der Waals surface area contributed by atoms with Gasteiger partial charge in [0.2, 0.25) is 0 Å². The number of hydrogen-bond acceptors (Lipinski definition) is 5. The minimum atomic E-state index is -0.265. The average Bonchev–Trinajstić information content (AvgIpc) is 2.65. The maximum atomic E-state index is 12.0. The molecule has 0 aliphatic rings. The largest absolute Gasteiger partial charge is 0.424 e.